The molecule has 2 aliphatic carbocycles. The average Bonchev–Trinajstić information content (AvgIpc) is 2.26. The summed E-state index contributed by atoms with van der Waals surface area (Å²) in [7, 11) is -3.29. The first-order valence-electron chi connectivity index (χ1n) is 7.08. The van der Waals surface area contributed by atoms with Crippen LogP contribution in [0.3, 0.4) is 0 Å². The highest BCUT2D eigenvalue weighted by Gasteiger charge is 2.47. The quantitative estimate of drug-likeness (QED) is 0.775. The van der Waals surface area contributed by atoms with Crippen LogP contribution in [0.4, 0.5) is 0 Å². The second kappa shape index (κ2) is 4.51. The van der Waals surface area contributed by atoms with Gasteiger partial charge in [0.25, 0.3) is 10.0 Å². The number of hydrogen-bond acceptors (Lipinski definition) is 3. The number of hydrogen-bond donors (Lipinski definition) is 0. The van der Waals surface area contributed by atoms with Gasteiger partial charge in [-0.25, -0.2) is 8.42 Å². The summed E-state index contributed by atoms with van der Waals surface area (Å²) in [6, 6.07) is 0. The van der Waals surface area contributed by atoms with Gasteiger partial charge in [-0.05, 0) is 38.0 Å². The van der Waals surface area contributed by atoms with Crippen molar-refractivity contribution < 1.29 is 13.2 Å². The summed E-state index contributed by atoms with van der Waals surface area (Å²) in [4.78, 5) is 0. The summed E-state index contributed by atoms with van der Waals surface area (Å²) >= 11 is 0. The van der Waals surface area contributed by atoms with Crippen LogP contribution in [-0.2, 0) is 14.8 Å². The SMILES string of the molecule is O=S1(=O)CC2(CCC2)OC(CC2CCCCC2)=N1. The first-order chi connectivity index (χ1) is 8.57. The molecule has 102 valence electrons. The molecule has 0 amide bonds. The van der Waals surface area contributed by atoms with Gasteiger partial charge in [0, 0.05) is 6.42 Å². The van der Waals surface area contributed by atoms with Crippen molar-refractivity contribution in [3.05, 3.63) is 0 Å². The van der Waals surface area contributed by atoms with E-state index in [1.165, 1.54) is 32.1 Å². The van der Waals surface area contributed by atoms with Crippen molar-refractivity contribution in [1.29, 1.82) is 0 Å². The lowest BCUT2D eigenvalue weighted by molar-refractivity contribution is -0.00424. The third kappa shape index (κ3) is 2.56. The van der Waals surface area contributed by atoms with Crippen molar-refractivity contribution >= 4 is 15.9 Å². The van der Waals surface area contributed by atoms with Crippen LogP contribution in [0.2, 0.25) is 0 Å². The highest BCUT2D eigenvalue weighted by molar-refractivity contribution is 7.90. The molecule has 2 fully saturated rings. The van der Waals surface area contributed by atoms with Crippen LogP contribution >= 0.6 is 0 Å². The van der Waals surface area contributed by atoms with Gasteiger partial charge in [0.15, 0.2) is 0 Å². The van der Waals surface area contributed by atoms with Crippen molar-refractivity contribution in [3.63, 3.8) is 0 Å². The Hall–Kier alpha value is -0.580. The minimum absolute atomic E-state index is 0.0914. The highest BCUT2D eigenvalue weighted by atomic mass is 32.2. The first kappa shape index (κ1) is 12.5. The molecule has 1 spiro atoms. The largest absolute Gasteiger partial charge is 0.472 e. The average molecular weight is 271 g/mol. The Labute approximate surface area is 109 Å². The molecule has 2 saturated carbocycles. The molecule has 1 aliphatic heterocycles. The summed E-state index contributed by atoms with van der Waals surface area (Å²) in [6.07, 6.45) is 9.75. The molecule has 0 aromatic heterocycles. The lowest BCUT2D eigenvalue weighted by Crippen LogP contribution is -2.50. The monoisotopic (exact) mass is 271 g/mol. The third-order valence-electron chi connectivity index (χ3n) is 4.47. The zero-order valence-electron chi connectivity index (χ0n) is 10.7. The van der Waals surface area contributed by atoms with Crippen LogP contribution in [0.25, 0.3) is 0 Å². The van der Waals surface area contributed by atoms with Crippen LogP contribution in [0.15, 0.2) is 4.40 Å². The molecule has 0 atom stereocenters. The molecule has 0 aromatic rings. The van der Waals surface area contributed by atoms with Gasteiger partial charge >= 0.3 is 0 Å². The minimum atomic E-state index is -3.29. The fraction of sp³-hybridized carbons (Fsp3) is 0.923. The maximum Gasteiger partial charge on any atom is 0.260 e. The Bertz CT molecular complexity index is 445. The number of rotatable bonds is 2. The van der Waals surface area contributed by atoms with Gasteiger partial charge < -0.3 is 4.74 Å². The molecule has 3 rings (SSSR count). The zero-order chi connectivity index (χ0) is 12.6. The molecular formula is C13H21NO3S. The lowest BCUT2D eigenvalue weighted by atomic mass is 9.81. The lowest BCUT2D eigenvalue weighted by Gasteiger charge is -2.43. The predicted octanol–water partition coefficient (Wildman–Crippen LogP) is 2.64. The number of ether oxygens (including phenoxy) is 1. The van der Waals surface area contributed by atoms with Gasteiger partial charge in [0.1, 0.15) is 11.4 Å². The highest BCUT2D eigenvalue weighted by Crippen LogP contribution is 2.40. The molecule has 0 bridgehead atoms. The molecule has 0 saturated heterocycles. The molecule has 5 heteroatoms. The molecule has 3 aliphatic rings. The minimum Gasteiger partial charge on any atom is -0.472 e. The molecule has 4 nitrogen and oxygen atoms in total. The summed E-state index contributed by atoms with van der Waals surface area (Å²) in [5.74, 6) is 1.16. The Morgan fingerprint density at radius 1 is 1.17 bits per heavy atom. The van der Waals surface area contributed by atoms with Crippen molar-refractivity contribution in [1.82, 2.24) is 0 Å². The Balaban J connectivity index is 1.72. The first-order valence-corrected chi connectivity index (χ1v) is 8.68. The molecule has 0 N–H and O–H groups in total. The van der Waals surface area contributed by atoms with E-state index in [-0.39, 0.29) is 5.75 Å². The van der Waals surface area contributed by atoms with E-state index in [0.717, 1.165) is 25.7 Å². The fourth-order valence-corrected chi connectivity index (χ4v) is 4.85. The number of nitrogens with zero attached hydrogens (tertiary/aromatic N) is 1. The van der Waals surface area contributed by atoms with Gasteiger partial charge in [-0.15, -0.1) is 4.40 Å². The Morgan fingerprint density at radius 3 is 2.50 bits per heavy atom. The third-order valence-corrected chi connectivity index (χ3v) is 5.85. The van der Waals surface area contributed by atoms with Crippen molar-refractivity contribution in [2.75, 3.05) is 5.75 Å². The van der Waals surface area contributed by atoms with E-state index in [2.05, 4.69) is 4.40 Å². The predicted molar refractivity (Wildman–Crippen MR) is 70.1 cm³/mol. The normalized spacial score (nSPS) is 30.3. The second-order valence-electron chi connectivity index (χ2n) is 6.06. The summed E-state index contributed by atoms with van der Waals surface area (Å²) in [6.45, 7) is 0. The van der Waals surface area contributed by atoms with Gasteiger partial charge in [0.05, 0.1) is 0 Å². The van der Waals surface area contributed by atoms with Crippen LogP contribution in [0.1, 0.15) is 57.8 Å². The van der Waals surface area contributed by atoms with Gasteiger partial charge in [0.2, 0.25) is 5.90 Å². The summed E-state index contributed by atoms with van der Waals surface area (Å²) < 4.78 is 33.5. The van der Waals surface area contributed by atoms with Crippen molar-refractivity contribution in [2.24, 2.45) is 10.3 Å². The van der Waals surface area contributed by atoms with E-state index in [1.807, 2.05) is 0 Å². The van der Waals surface area contributed by atoms with E-state index in [9.17, 15) is 8.42 Å². The van der Waals surface area contributed by atoms with E-state index in [4.69, 9.17) is 4.74 Å². The topological polar surface area (TPSA) is 55.7 Å². The summed E-state index contributed by atoms with van der Waals surface area (Å²) in [5, 5.41) is 0. The van der Waals surface area contributed by atoms with Crippen LogP contribution in [-0.4, -0.2) is 25.7 Å². The molecule has 1 heterocycles. The van der Waals surface area contributed by atoms with Crippen LogP contribution < -0.4 is 0 Å². The molecule has 0 aromatic carbocycles. The van der Waals surface area contributed by atoms with Gasteiger partial charge in [-0.1, -0.05) is 19.3 Å². The van der Waals surface area contributed by atoms with E-state index >= 15 is 0 Å². The molecule has 0 radical (unpaired) electrons. The fourth-order valence-electron chi connectivity index (χ4n) is 3.35. The van der Waals surface area contributed by atoms with E-state index in [0.29, 0.717) is 11.8 Å². The van der Waals surface area contributed by atoms with Crippen LogP contribution in [0, 0.1) is 5.92 Å². The second-order valence-corrected chi connectivity index (χ2v) is 7.69. The van der Waals surface area contributed by atoms with Crippen molar-refractivity contribution in [2.45, 2.75) is 63.4 Å². The zero-order valence-corrected chi connectivity index (χ0v) is 11.5. The van der Waals surface area contributed by atoms with E-state index < -0.39 is 15.6 Å². The van der Waals surface area contributed by atoms with Gasteiger partial charge in [-0.3, -0.25) is 0 Å². The maximum absolute atomic E-state index is 11.8. The maximum atomic E-state index is 11.8. The Kier molecular flexibility index (Phi) is 3.12. The van der Waals surface area contributed by atoms with Crippen LogP contribution in [0.5, 0.6) is 0 Å². The van der Waals surface area contributed by atoms with Gasteiger partial charge in [-0.2, -0.15) is 0 Å². The Morgan fingerprint density at radius 2 is 1.89 bits per heavy atom. The molecule has 0 unspecified atom stereocenters. The standard InChI is InChI=1S/C13H21NO3S/c15-18(16)10-13(7-4-8-13)17-12(14-18)9-11-5-2-1-3-6-11/h11H,1-10H2. The molecule has 18 heavy (non-hydrogen) atoms. The van der Waals surface area contributed by atoms with Crippen molar-refractivity contribution in [3.8, 4) is 0 Å². The molecular weight excluding hydrogens is 250 g/mol. The van der Waals surface area contributed by atoms with E-state index in [1.54, 1.807) is 0 Å². The summed E-state index contributed by atoms with van der Waals surface area (Å²) in [5.41, 5.74) is -0.412. The smallest absolute Gasteiger partial charge is 0.260 e. The number of sulfonamides is 1.